The molecule has 2 aromatic carbocycles. The molecule has 2 aliphatic rings. The average Bonchev–Trinajstić information content (AvgIpc) is 2.86. The van der Waals surface area contributed by atoms with Gasteiger partial charge in [-0.05, 0) is 31.2 Å². The number of aromatic hydroxyl groups is 2. The molecule has 0 radical (unpaired) electrons. The number of phenolic OH excluding ortho intramolecular Hbond substituents is 2. The summed E-state index contributed by atoms with van der Waals surface area (Å²) >= 11 is 6.73. The van der Waals surface area contributed by atoms with Gasteiger partial charge in [0, 0.05) is 31.1 Å². The lowest BCUT2D eigenvalue weighted by Gasteiger charge is -2.41. The number of benzene rings is 2. The van der Waals surface area contributed by atoms with Gasteiger partial charge in [0.1, 0.15) is 23.9 Å². The molecule has 3 heterocycles. The van der Waals surface area contributed by atoms with Crippen LogP contribution in [0, 0.1) is 0 Å². The van der Waals surface area contributed by atoms with Gasteiger partial charge in [0.05, 0.1) is 34.3 Å². The molecule has 0 bridgehead atoms. The summed E-state index contributed by atoms with van der Waals surface area (Å²) in [4.78, 5) is 33.4. The number of piperazine rings is 1. The van der Waals surface area contributed by atoms with Crippen molar-refractivity contribution in [1.29, 1.82) is 0 Å². The number of amides is 1. The Kier molecular flexibility index (Phi) is 6.01. The van der Waals surface area contributed by atoms with Gasteiger partial charge in [0.15, 0.2) is 5.75 Å². The normalized spacial score (nSPS) is 19.3. The summed E-state index contributed by atoms with van der Waals surface area (Å²) in [6.45, 7) is 6.35. The lowest BCUT2D eigenvalue weighted by molar-refractivity contribution is -0.126. The number of carbonyl (C=O) groups is 1. The zero-order valence-corrected chi connectivity index (χ0v) is 20.3. The molecular weight excluding hydrogens is 488 g/mol. The highest BCUT2D eigenvalue weighted by Gasteiger charge is 2.34. The SMILES string of the molecule is C=CC(=O)N1CCN(c2nc(=O)n3c4c(c(-c5c(O)cccc5O)c(Cl)cc24)OC[C@H]3CO)[C@@H](C)C1. The van der Waals surface area contributed by atoms with Crippen LogP contribution in [0.2, 0.25) is 5.02 Å². The smallest absolute Gasteiger partial charge is 0.350 e. The molecule has 11 heteroatoms. The molecule has 36 heavy (non-hydrogen) atoms. The first kappa shape index (κ1) is 24.0. The van der Waals surface area contributed by atoms with E-state index in [-0.39, 0.29) is 58.6 Å². The van der Waals surface area contributed by atoms with Crippen molar-refractivity contribution < 1.29 is 24.9 Å². The number of aliphatic hydroxyl groups excluding tert-OH is 1. The second kappa shape index (κ2) is 9.03. The highest BCUT2D eigenvalue weighted by molar-refractivity contribution is 6.35. The van der Waals surface area contributed by atoms with Crippen LogP contribution in [0.15, 0.2) is 41.7 Å². The summed E-state index contributed by atoms with van der Waals surface area (Å²) in [5, 5.41) is 31.7. The van der Waals surface area contributed by atoms with E-state index in [1.54, 1.807) is 11.0 Å². The first-order valence-electron chi connectivity index (χ1n) is 11.5. The Balaban J connectivity index is 1.77. The molecule has 1 amide bonds. The molecule has 1 saturated heterocycles. The number of carbonyl (C=O) groups excluding carboxylic acids is 1. The van der Waals surface area contributed by atoms with Crippen molar-refractivity contribution in [2.45, 2.75) is 19.0 Å². The molecule has 3 aromatic rings. The highest BCUT2D eigenvalue weighted by Crippen LogP contribution is 2.51. The van der Waals surface area contributed by atoms with Crippen LogP contribution in [0.1, 0.15) is 13.0 Å². The molecule has 2 atom stereocenters. The molecule has 0 unspecified atom stereocenters. The second-order valence-electron chi connectivity index (χ2n) is 8.90. The summed E-state index contributed by atoms with van der Waals surface area (Å²) in [6.07, 6.45) is 1.28. The van der Waals surface area contributed by atoms with Crippen molar-refractivity contribution in [2.24, 2.45) is 0 Å². The molecule has 0 aliphatic carbocycles. The number of phenols is 2. The predicted molar refractivity (Wildman–Crippen MR) is 135 cm³/mol. The Labute approximate surface area is 211 Å². The number of hydrogen-bond donors (Lipinski definition) is 3. The zero-order valence-electron chi connectivity index (χ0n) is 19.5. The van der Waals surface area contributed by atoms with E-state index in [0.717, 1.165) is 0 Å². The van der Waals surface area contributed by atoms with Gasteiger partial charge in [-0.15, -0.1) is 0 Å². The van der Waals surface area contributed by atoms with Gasteiger partial charge in [-0.1, -0.05) is 24.2 Å². The van der Waals surface area contributed by atoms with Gasteiger partial charge in [-0.25, -0.2) is 4.79 Å². The number of aromatic nitrogens is 2. The molecule has 3 N–H and O–H groups in total. The minimum absolute atomic E-state index is 0.0278. The van der Waals surface area contributed by atoms with Crippen LogP contribution in [-0.4, -0.2) is 74.6 Å². The van der Waals surface area contributed by atoms with Crippen LogP contribution < -0.4 is 15.3 Å². The van der Waals surface area contributed by atoms with Crippen molar-refractivity contribution in [2.75, 3.05) is 37.7 Å². The monoisotopic (exact) mass is 512 g/mol. The van der Waals surface area contributed by atoms with Crippen LogP contribution in [-0.2, 0) is 4.79 Å². The van der Waals surface area contributed by atoms with Gasteiger partial charge in [0.2, 0.25) is 5.91 Å². The first-order chi connectivity index (χ1) is 17.3. The van der Waals surface area contributed by atoms with Gasteiger partial charge >= 0.3 is 5.69 Å². The fraction of sp³-hybridized carbons (Fsp3) is 0.320. The third kappa shape index (κ3) is 3.64. The van der Waals surface area contributed by atoms with E-state index in [4.69, 9.17) is 16.3 Å². The largest absolute Gasteiger partial charge is 0.507 e. The molecule has 0 saturated carbocycles. The molecule has 0 spiro atoms. The summed E-state index contributed by atoms with van der Waals surface area (Å²) in [7, 11) is 0. The molecule has 1 fully saturated rings. The van der Waals surface area contributed by atoms with Gasteiger partial charge in [-0.2, -0.15) is 4.98 Å². The van der Waals surface area contributed by atoms with Crippen molar-refractivity contribution in [3.05, 3.63) is 52.4 Å². The number of rotatable bonds is 4. The van der Waals surface area contributed by atoms with Crippen molar-refractivity contribution in [3.63, 3.8) is 0 Å². The summed E-state index contributed by atoms with van der Waals surface area (Å²) in [6, 6.07) is 5.09. The van der Waals surface area contributed by atoms with Gasteiger partial charge in [0.25, 0.3) is 0 Å². The van der Waals surface area contributed by atoms with Crippen molar-refractivity contribution in [3.8, 4) is 28.4 Å². The number of halogens is 1. The van der Waals surface area contributed by atoms with Crippen molar-refractivity contribution in [1.82, 2.24) is 14.5 Å². The van der Waals surface area contributed by atoms with E-state index < -0.39 is 11.7 Å². The van der Waals surface area contributed by atoms with E-state index in [2.05, 4.69) is 11.6 Å². The lowest BCUT2D eigenvalue weighted by Crippen LogP contribution is -2.54. The Bertz CT molecular complexity index is 1430. The molecule has 1 aromatic heterocycles. The Hall–Kier alpha value is -3.76. The third-order valence-electron chi connectivity index (χ3n) is 6.75. The van der Waals surface area contributed by atoms with Crippen LogP contribution in [0.4, 0.5) is 5.82 Å². The van der Waals surface area contributed by atoms with Crippen molar-refractivity contribution >= 4 is 34.2 Å². The van der Waals surface area contributed by atoms with Gasteiger partial charge in [-0.3, -0.25) is 9.36 Å². The molecular formula is C25H25ClN4O6. The summed E-state index contributed by atoms with van der Waals surface area (Å²) in [5.41, 5.74) is 0.0851. The molecule has 188 valence electrons. The number of hydrogen-bond acceptors (Lipinski definition) is 8. The van der Waals surface area contributed by atoms with Crippen LogP contribution in [0.25, 0.3) is 22.0 Å². The van der Waals surface area contributed by atoms with E-state index in [1.165, 1.54) is 28.8 Å². The Morgan fingerprint density at radius 3 is 2.64 bits per heavy atom. The maximum Gasteiger partial charge on any atom is 0.350 e. The van der Waals surface area contributed by atoms with Crippen LogP contribution >= 0.6 is 11.6 Å². The quantitative estimate of drug-likeness (QED) is 0.454. The Morgan fingerprint density at radius 2 is 2.00 bits per heavy atom. The third-order valence-corrected chi connectivity index (χ3v) is 7.05. The highest BCUT2D eigenvalue weighted by atomic mass is 35.5. The number of aliphatic hydroxyl groups is 1. The number of ether oxygens (including phenoxy) is 1. The minimum Gasteiger partial charge on any atom is -0.507 e. The lowest BCUT2D eigenvalue weighted by atomic mass is 9.98. The van der Waals surface area contributed by atoms with E-state index >= 15 is 0 Å². The average molecular weight is 513 g/mol. The first-order valence-corrected chi connectivity index (χ1v) is 11.9. The molecule has 5 rings (SSSR count). The van der Waals surface area contributed by atoms with Gasteiger partial charge < -0.3 is 29.9 Å². The minimum atomic E-state index is -0.680. The fourth-order valence-electron chi connectivity index (χ4n) is 5.03. The fourth-order valence-corrected chi connectivity index (χ4v) is 5.32. The number of nitrogens with zero attached hydrogens (tertiary/aromatic N) is 4. The molecule has 10 nitrogen and oxygen atoms in total. The number of anilines is 1. The summed E-state index contributed by atoms with van der Waals surface area (Å²) in [5.74, 6) is -0.00290. The second-order valence-corrected chi connectivity index (χ2v) is 9.30. The maximum absolute atomic E-state index is 13.3. The van der Waals surface area contributed by atoms with Crippen LogP contribution in [0.5, 0.6) is 17.2 Å². The topological polar surface area (TPSA) is 128 Å². The maximum atomic E-state index is 13.3. The Morgan fingerprint density at radius 1 is 1.28 bits per heavy atom. The predicted octanol–water partition coefficient (Wildman–Crippen LogP) is 2.28. The standard InChI is InChI=1S/C25H25ClN4O6/c1-3-19(34)28-7-8-29(13(2)10-28)24-15-9-16(26)20(21-17(32)5-4-6-18(21)33)23-22(15)30(25(35)27-24)14(11-31)12-36-23/h3-6,9,13-14,31-33H,1,7-8,10-12H2,2H3/t13-,14+/m0/s1. The molecule has 2 aliphatic heterocycles. The zero-order chi connectivity index (χ0) is 25.7. The van der Waals surface area contributed by atoms with E-state index in [0.29, 0.717) is 36.4 Å². The van der Waals surface area contributed by atoms with Crippen LogP contribution in [0.3, 0.4) is 0 Å². The van der Waals surface area contributed by atoms with E-state index in [1.807, 2.05) is 11.8 Å². The summed E-state index contributed by atoms with van der Waals surface area (Å²) < 4.78 is 7.40. The van der Waals surface area contributed by atoms with E-state index in [9.17, 15) is 24.9 Å².